The molecular weight excluding hydrogens is 344 g/mol. The van der Waals surface area contributed by atoms with Crippen molar-refractivity contribution in [2.75, 3.05) is 31.6 Å². The Morgan fingerprint density at radius 1 is 1.30 bits per heavy atom. The fraction of sp³-hybridized carbons (Fsp3) is 0.474. The zero-order chi connectivity index (χ0) is 19.0. The molecule has 1 aromatic carbocycles. The normalized spacial score (nSPS) is 21.6. The number of hydrogen-bond acceptors (Lipinski definition) is 4. The van der Waals surface area contributed by atoms with Gasteiger partial charge in [-0.25, -0.2) is 4.79 Å². The molecule has 1 N–H and O–H groups in total. The molecule has 1 spiro atoms. The van der Waals surface area contributed by atoms with E-state index in [0.717, 1.165) is 29.9 Å². The third-order valence-electron chi connectivity index (χ3n) is 5.70. The molecule has 8 nitrogen and oxygen atoms in total. The van der Waals surface area contributed by atoms with Crippen molar-refractivity contribution in [3.05, 3.63) is 42.0 Å². The topological polar surface area (TPSA) is 83.4 Å². The van der Waals surface area contributed by atoms with E-state index in [4.69, 9.17) is 0 Å². The highest BCUT2D eigenvalue weighted by Gasteiger charge is 2.52. The number of rotatable bonds is 3. The molecule has 8 heteroatoms. The van der Waals surface area contributed by atoms with Gasteiger partial charge >= 0.3 is 6.03 Å². The highest BCUT2D eigenvalue weighted by atomic mass is 16.2. The second-order valence-corrected chi connectivity index (χ2v) is 7.33. The molecule has 1 fully saturated rings. The van der Waals surface area contributed by atoms with Crippen molar-refractivity contribution in [2.45, 2.75) is 24.7 Å². The van der Waals surface area contributed by atoms with Gasteiger partial charge in [0.1, 0.15) is 12.2 Å². The number of amides is 3. The van der Waals surface area contributed by atoms with E-state index in [2.05, 4.69) is 15.5 Å². The van der Waals surface area contributed by atoms with Gasteiger partial charge in [0.05, 0.1) is 5.41 Å². The quantitative estimate of drug-likeness (QED) is 0.879. The number of likely N-dealkylation sites (N-methyl/N-ethyl adjacent to an activating group) is 1. The molecule has 142 valence electrons. The van der Waals surface area contributed by atoms with E-state index in [1.807, 2.05) is 42.9 Å². The van der Waals surface area contributed by atoms with Crippen molar-refractivity contribution in [1.82, 2.24) is 25.0 Å². The van der Waals surface area contributed by atoms with Crippen LogP contribution in [-0.4, -0.2) is 58.3 Å². The molecule has 0 aliphatic carbocycles. The number of anilines is 1. The summed E-state index contributed by atoms with van der Waals surface area (Å²) in [7, 11) is 3.70. The summed E-state index contributed by atoms with van der Waals surface area (Å²) in [5.41, 5.74) is 1.37. The van der Waals surface area contributed by atoms with Crippen molar-refractivity contribution >= 4 is 17.6 Å². The number of aromatic nitrogens is 3. The second-order valence-electron chi connectivity index (χ2n) is 7.33. The number of likely N-dealkylation sites (tertiary alicyclic amines) is 1. The summed E-state index contributed by atoms with van der Waals surface area (Å²) in [6.45, 7) is 1.57. The fourth-order valence-electron chi connectivity index (χ4n) is 4.27. The largest absolute Gasteiger partial charge is 0.338 e. The summed E-state index contributed by atoms with van der Waals surface area (Å²) >= 11 is 0. The van der Waals surface area contributed by atoms with Crippen LogP contribution in [0.1, 0.15) is 24.2 Å². The Labute approximate surface area is 158 Å². The SMILES string of the molecule is CN1C(=O)C2(CCCN(C(=O)NCCc3nncn3C)C2)c2ccccc21. The third kappa shape index (κ3) is 2.85. The van der Waals surface area contributed by atoms with E-state index in [0.29, 0.717) is 26.1 Å². The number of hydrogen-bond donors (Lipinski definition) is 1. The van der Waals surface area contributed by atoms with E-state index in [9.17, 15) is 9.59 Å². The molecule has 1 atom stereocenters. The molecule has 0 radical (unpaired) electrons. The molecule has 2 aliphatic heterocycles. The maximum atomic E-state index is 13.1. The Morgan fingerprint density at radius 3 is 2.89 bits per heavy atom. The van der Waals surface area contributed by atoms with Crippen molar-refractivity contribution < 1.29 is 9.59 Å². The minimum atomic E-state index is -0.621. The molecule has 1 unspecified atom stereocenters. The van der Waals surface area contributed by atoms with Gasteiger partial charge in [0.25, 0.3) is 0 Å². The lowest BCUT2D eigenvalue weighted by Gasteiger charge is -2.39. The number of urea groups is 1. The van der Waals surface area contributed by atoms with Crippen LogP contribution in [0.5, 0.6) is 0 Å². The number of para-hydroxylation sites is 1. The minimum absolute atomic E-state index is 0.0836. The fourth-order valence-corrected chi connectivity index (χ4v) is 4.27. The van der Waals surface area contributed by atoms with Gasteiger partial charge in [-0.15, -0.1) is 10.2 Å². The lowest BCUT2D eigenvalue weighted by atomic mass is 9.75. The number of nitrogens with zero attached hydrogens (tertiary/aromatic N) is 5. The number of carbonyl (C=O) groups excluding carboxylic acids is 2. The molecule has 1 aromatic heterocycles. The number of piperidine rings is 1. The first-order valence-electron chi connectivity index (χ1n) is 9.26. The Bertz CT molecular complexity index is 879. The van der Waals surface area contributed by atoms with Crippen LogP contribution in [0.25, 0.3) is 0 Å². The van der Waals surface area contributed by atoms with E-state index < -0.39 is 5.41 Å². The highest BCUT2D eigenvalue weighted by molar-refractivity contribution is 6.08. The van der Waals surface area contributed by atoms with Gasteiger partial charge in [-0.3, -0.25) is 4.79 Å². The maximum absolute atomic E-state index is 13.1. The summed E-state index contributed by atoms with van der Waals surface area (Å²) in [5, 5.41) is 10.8. The van der Waals surface area contributed by atoms with Crippen molar-refractivity contribution in [2.24, 2.45) is 7.05 Å². The Hall–Kier alpha value is -2.90. The lowest BCUT2D eigenvalue weighted by molar-refractivity contribution is -0.124. The molecule has 0 saturated carbocycles. The Morgan fingerprint density at radius 2 is 2.11 bits per heavy atom. The van der Waals surface area contributed by atoms with Crippen LogP contribution in [0.3, 0.4) is 0 Å². The number of fused-ring (bicyclic) bond motifs is 2. The van der Waals surface area contributed by atoms with Crippen LogP contribution in [0, 0.1) is 0 Å². The summed E-state index contributed by atoms with van der Waals surface area (Å²) in [5.74, 6) is 0.909. The first-order chi connectivity index (χ1) is 13.0. The van der Waals surface area contributed by atoms with Gasteiger partial charge < -0.3 is 19.7 Å². The first-order valence-corrected chi connectivity index (χ1v) is 9.26. The van der Waals surface area contributed by atoms with Gasteiger partial charge in [-0.1, -0.05) is 18.2 Å². The van der Waals surface area contributed by atoms with E-state index in [-0.39, 0.29) is 11.9 Å². The molecular formula is C19H24N6O2. The Kier molecular flexibility index (Phi) is 4.33. The van der Waals surface area contributed by atoms with Crippen LogP contribution >= 0.6 is 0 Å². The monoisotopic (exact) mass is 368 g/mol. The Balaban J connectivity index is 1.46. The summed E-state index contributed by atoms with van der Waals surface area (Å²) in [6, 6.07) is 7.78. The van der Waals surface area contributed by atoms with Crippen LogP contribution in [0.4, 0.5) is 10.5 Å². The molecule has 2 aliphatic rings. The zero-order valence-electron chi connectivity index (χ0n) is 15.7. The highest BCUT2D eigenvalue weighted by Crippen LogP contribution is 2.46. The predicted octanol–water partition coefficient (Wildman–Crippen LogP) is 1.08. The number of benzene rings is 1. The number of aryl methyl sites for hydroxylation is 1. The predicted molar refractivity (Wildman–Crippen MR) is 100 cm³/mol. The molecule has 1 saturated heterocycles. The smallest absolute Gasteiger partial charge is 0.317 e. The average Bonchev–Trinajstić information content (AvgIpc) is 3.18. The molecule has 0 bridgehead atoms. The minimum Gasteiger partial charge on any atom is -0.338 e. The number of nitrogens with one attached hydrogen (secondary N) is 1. The summed E-state index contributed by atoms with van der Waals surface area (Å²) in [4.78, 5) is 29.3. The van der Waals surface area contributed by atoms with Crippen molar-refractivity contribution in [3.8, 4) is 0 Å². The van der Waals surface area contributed by atoms with Crippen LogP contribution < -0.4 is 10.2 Å². The third-order valence-corrected chi connectivity index (χ3v) is 5.70. The van der Waals surface area contributed by atoms with Crippen LogP contribution in [0.2, 0.25) is 0 Å². The van der Waals surface area contributed by atoms with Gasteiger partial charge in [0.2, 0.25) is 5.91 Å². The zero-order valence-corrected chi connectivity index (χ0v) is 15.7. The lowest BCUT2D eigenvalue weighted by Crippen LogP contribution is -2.55. The molecule has 27 heavy (non-hydrogen) atoms. The van der Waals surface area contributed by atoms with E-state index >= 15 is 0 Å². The number of carbonyl (C=O) groups is 2. The average molecular weight is 368 g/mol. The van der Waals surface area contributed by atoms with Gasteiger partial charge in [0, 0.05) is 45.8 Å². The first kappa shape index (κ1) is 17.5. The van der Waals surface area contributed by atoms with Crippen LogP contribution in [-0.2, 0) is 23.7 Å². The standard InChI is InChI=1S/C19H24N6O2/c1-23-13-21-22-16(23)8-10-20-18(27)25-11-5-9-19(12-25)14-6-3-4-7-15(14)24(2)17(19)26/h3-4,6-7,13H,5,8-12H2,1-2H3,(H,20,27). The molecule has 3 heterocycles. The second kappa shape index (κ2) is 6.68. The molecule has 2 aromatic rings. The van der Waals surface area contributed by atoms with Crippen LogP contribution in [0.15, 0.2) is 30.6 Å². The van der Waals surface area contributed by atoms with E-state index in [1.54, 1.807) is 16.1 Å². The van der Waals surface area contributed by atoms with Crippen molar-refractivity contribution in [3.63, 3.8) is 0 Å². The van der Waals surface area contributed by atoms with E-state index in [1.165, 1.54) is 0 Å². The van der Waals surface area contributed by atoms with Crippen molar-refractivity contribution in [1.29, 1.82) is 0 Å². The van der Waals surface area contributed by atoms with Gasteiger partial charge in [-0.05, 0) is 24.5 Å². The summed E-state index contributed by atoms with van der Waals surface area (Å²) in [6.07, 6.45) is 3.84. The maximum Gasteiger partial charge on any atom is 0.317 e. The van der Waals surface area contributed by atoms with Gasteiger partial charge in [-0.2, -0.15) is 0 Å². The molecule has 4 rings (SSSR count). The summed E-state index contributed by atoms with van der Waals surface area (Å²) < 4.78 is 1.84. The van der Waals surface area contributed by atoms with Gasteiger partial charge in [0.15, 0.2) is 0 Å². The molecule has 3 amide bonds.